The third kappa shape index (κ3) is 4.39. The van der Waals surface area contributed by atoms with E-state index in [2.05, 4.69) is 10.3 Å². The van der Waals surface area contributed by atoms with Crippen LogP contribution >= 0.6 is 11.3 Å². The summed E-state index contributed by atoms with van der Waals surface area (Å²) < 4.78 is 0. The fourth-order valence-electron chi connectivity index (χ4n) is 2.04. The number of benzene rings is 1. The Labute approximate surface area is 139 Å². The molecule has 1 amide bonds. The van der Waals surface area contributed by atoms with Crippen LogP contribution in [0.25, 0.3) is 0 Å². The van der Waals surface area contributed by atoms with Crippen molar-refractivity contribution in [1.82, 2.24) is 10.3 Å². The van der Waals surface area contributed by atoms with Gasteiger partial charge in [-0.25, -0.2) is 4.98 Å². The first-order valence-electron chi connectivity index (χ1n) is 7.31. The van der Waals surface area contributed by atoms with Crippen molar-refractivity contribution in [3.05, 3.63) is 52.0 Å². The molecule has 2 aromatic rings. The van der Waals surface area contributed by atoms with Gasteiger partial charge in [-0.2, -0.15) is 0 Å². The largest absolute Gasteiger partial charge is 0.481 e. The highest BCUT2D eigenvalue weighted by Crippen LogP contribution is 2.25. The fourth-order valence-corrected chi connectivity index (χ4v) is 2.93. The number of carbonyl (C=O) groups is 2. The lowest BCUT2D eigenvalue weighted by molar-refractivity contribution is -0.138. The molecule has 0 bridgehead atoms. The van der Waals surface area contributed by atoms with E-state index in [0.29, 0.717) is 11.3 Å². The van der Waals surface area contributed by atoms with Gasteiger partial charge >= 0.3 is 5.97 Å². The summed E-state index contributed by atoms with van der Waals surface area (Å²) in [6.45, 7) is 6.12. The van der Waals surface area contributed by atoms with E-state index in [1.54, 1.807) is 29.6 Å². The standard InChI is InChI=1S/C17H20N2O3S/c1-17(2,3)16-19-13(10-23-16)14(20)18-9-12(15(21)22)11-7-5-4-6-8-11/h4-8,10,12H,9H2,1-3H3,(H,18,20)(H,21,22). The molecule has 0 aliphatic rings. The average molecular weight is 332 g/mol. The van der Waals surface area contributed by atoms with E-state index in [-0.39, 0.29) is 17.9 Å². The minimum atomic E-state index is -0.967. The van der Waals surface area contributed by atoms with Crippen molar-refractivity contribution in [3.63, 3.8) is 0 Å². The Hall–Kier alpha value is -2.21. The van der Waals surface area contributed by atoms with Crippen LogP contribution in [0, 0.1) is 0 Å². The topological polar surface area (TPSA) is 79.3 Å². The molecular formula is C17H20N2O3S. The smallest absolute Gasteiger partial charge is 0.312 e. The molecule has 2 rings (SSSR count). The second kappa shape index (κ2) is 6.91. The Morgan fingerprint density at radius 1 is 1.26 bits per heavy atom. The van der Waals surface area contributed by atoms with Gasteiger partial charge < -0.3 is 10.4 Å². The molecule has 2 N–H and O–H groups in total. The lowest BCUT2D eigenvalue weighted by atomic mass is 9.98. The van der Waals surface area contributed by atoms with Crippen LogP contribution in [0.5, 0.6) is 0 Å². The van der Waals surface area contributed by atoms with Crippen molar-refractivity contribution in [3.8, 4) is 0 Å². The maximum absolute atomic E-state index is 12.2. The van der Waals surface area contributed by atoms with Crippen LogP contribution in [0.15, 0.2) is 35.7 Å². The highest BCUT2D eigenvalue weighted by Gasteiger charge is 2.23. The molecule has 1 atom stereocenters. The van der Waals surface area contributed by atoms with Gasteiger partial charge in [-0.15, -0.1) is 11.3 Å². The number of aliphatic carboxylic acids is 1. The Morgan fingerprint density at radius 3 is 2.43 bits per heavy atom. The summed E-state index contributed by atoms with van der Waals surface area (Å²) in [4.78, 5) is 27.9. The van der Waals surface area contributed by atoms with E-state index >= 15 is 0 Å². The molecule has 0 aliphatic heterocycles. The van der Waals surface area contributed by atoms with Crippen molar-refractivity contribution in [1.29, 1.82) is 0 Å². The van der Waals surface area contributed by atoms with E-state index in [0.717, 1.165) is 5.01 Å². The van der Waals surface area contributed by atoms with Gasteiger partial charge in [-0.1, -0.05) is 51.1 Å². The molecule has 0 spiro atoms. The highest BCUT2D eigenvalue weighted by molar-refractivity contribution is 7.10. The molecular weight excluding hydrogens is 312 g/mol. The molecule has 0 fully saturated rings. The molecule has 0 radical (unpaired) electrons. The molecule has 23 heavy (non-hydrogen) atoms. The number of nitrogens with one attached hydrogen (secondary N) is 1. The first-order valence-corrected chi connectivity index (χ1v) is 8.19. The number of carbonyl (C=O) groups excluding carboxylic acids is 1. The van der Waals surface area contributed by atoms with Gasteiger partial charge in [0.1, 0.15) is 5.69 Å². The van der Waals surface area contributed by atoms with Gasteiger partial charge in [0.25, 0.3) is 5.91 Å². The number of hydrogen-bond donors (Lipinski definition) is 2. The minimum Gasteiger partial charge on any atom is -0.481 e. The summed E-state index contributed by atoms with van der Waals surface area (Å²) in [5.41, 5.74) is 0.877. The van der Waals surface area contributed by atoms with E-state index in [1.807, 2.05) is 26.8 Å². The number of hydrogen-bond acceptors (Lipinski definition) is 4. The van der Waals surface area contributed by atoms with Crippen LogP contribution in [0.2, 0.25) is 0 Å². The molecule has 6 heteroatoms. The van der Waals surface area contributed by atoms with Crippen LogP contribution in [-0.4, -0.2) is 28.5 Å². The molecule has 1 unspecified atom stereocenters. The highest BCUT2D eigenvalue weighted by atomic mass is 32.1. The summed E-state index contributed by atoms with van der Waals surface area (Å²) in [5.74, 6) is -2.09. The number of carboxylic acid groups (broad SMARTS) is 1. The van der Waals surface area contributed by atoms with Gasteiger partial charge in [0.05, 0.1) is 10.9 Å². The third-order valence-electron chi connectivity index (χ3n) is 3.35. The van der Waals surface area contributed by atoms with Crippen molar-refractivity contribution in [2.45, 2.75) is 32.1 Å². The first kappa shape index (κ1) is 17.1. The average Bonchev–Trinajstić information content (AvgIpc) is 2.98. The zero-order valence-corrected chi connectivity index (χ0v) is 14.2. The molecule has 1 aromatic carbocycles. The second-order valence-corrected chi connectivity index (χ2v) is 7.16. The third-order valence-corrected chi connectivity index (χ3v) is 4.61. The van der Waals surface area contributed by atoms with E-state index in [9.17, 15) is 14.7 Å². The van der Waals surface area contributed by atoms with E-state index < -0.39 is 11.9 Å². The maximum Gasteiger partial charge on any atom is 0.312 e. The number of nitrogens with zero attached hydrogens (tertiary/aromatic N) is 1. The summed E-state index contributed by atoms with van der Waals surface area (Å²) in [5, 5.41) is 14.6. The van der Waals surface area contributed by atoms with Crippen LogP contribution in [0.4, 0.5) is 0 Å². The van der Waals surface area contributed by atoms with Gasteiger partial charge in [0.15, 0.2) is 0 Å². The zero-order valence-electron chi connectivity index (χ0n) is 13.4. The molecule has 5 nitrogen and oxygen atoms in total. The molecule has 0 aliphatic carbocycles. The first-order chi connectivity index (χ1) is 10.8. The maximum atomic E-state index is 12.2. The number of aromatic nitrogens is 1. The van der Waals surface area contributed by atoms with Crippen molar-refractivity contribution in [2.24, 2.45) is 0 Å². The van der Waals surface area contributed by atoms with Crippen LogP contribution in [-0.2, 0) is 10.2 Å². The molecule has 0 saturated heterocycles. The number of rotatable bonds is 5. The molecule has 1 heterocycles. The Bertz CT molecular complexity index is 689. The van der Waals surface area contributed by atoms with Gasteiger partial charge in [0.2, 0.25) is 0 Å². The van der Waals surface area contributed by atoms with E-state index in [1.165, 1.54) is 11.3 Å². The molecule has 122 valence electrons. The predicted molar refractivity (Wildman–Crippen MR) is 90.0 cm³/mol. The summed E-state index contributed by atoms with van der Waals surface area (Å²) in [6, 6.07) is 8.87. The number of carboxylic acids is 1. The summed E-state index contributed by atoms with van der Waals surface area (Å²) >= 11 is 1.43. The van der Waals surface area contributed by atoms with Crippen LogP contribution < -0.4 is 5.32 Å². The Kier molecular flexibility index (Phi) is 5.15. The zero-order chi connectivity index (χ0) is 17.0. The lowest BCUT2D eigenvalue weighted by Gasteiger charge is -2.14. The molecule has 0 saturated carbocycles. The van der Waals surface area contributed by atoms with Crippen molar-refractivity contribution < 1.29 is 14.7 Å². The SMILES string of the molecule is CC(C)(C)c1nc(C(=O)NCC(C(=O)O)c2ccccc2)cs1. The summed E-state index contributed by atoms with van der Waals surface area (Å²) in [7, 11) is 0. The number of thiazole rings is 1. The fraction of sp³-hybridized carbons (Fsp3) is 0.353. The van der Waals surface area contributed by atoms with Gasteiger partial charge in [0, 0.05) is 17.3 Å². The second-order valence-electron chi connectivity index (χ2n) is 6.30. The normalized spacial score (nSPS) is 12.7. The van der Waals surface area contributed by atoms with Crippen molar-refractivity contribution in [2.75, 3.05) is 6.54 Å². The van der Waals surface area contributed by atoms with Crippen LogP contribution in [0.1, 0.15) is 47.7 Å². The quantitative estimate of drug-likeness (QED) is 0.882. The summed E-state index contributed by atoms with van der Waals surface area (Å²) in [6.07, 6.45) is 0. The monoisotopic (exact) mass is 332 g/mol. The van der Waals surface area contributed by atoms with Crippen LogP contribution in [0.3, 0.4) is 0 Å². The lowest BCUT2D eigenvalue weighted by Crippen LogP contribution is -2.32. The van der Waals surface area contributed by atoms with Gasteiger partial charge in [-0.3, -0.25) is 9.59 Å². The van der Waals surface area contributed by atoms with E-state index in [4.69, 9.17) is 0 Å². The Morgan fingerprint density at radius 2 is 1.91 bits per heavy atom. The number of amides is 1. The predicted octanol–water partition coefficient (Wildman–Crippen LogP) is 3.04. The molecule has 1 aromatic heterocycles. The van der Waals surface area contributed by atoms with Crippen molar-refractivity contribution >= 4 is 23.2 Å². The minimum absolute atomic E-state index is 0.0283. The Balaban J connectivity index is 2.05. The van der Waals surface area contributed by atoms with Gasteiger partial charge in [-0.05, 0) is 5.56 Å².